The highest BCUT2D eigenvalue weighted by atomic mass is 17.2. The number of benzene rings is 2. The number of hydrogen-bond donors (Lipinski definition) is 0. The standard InChI is InChI=1S/C17H18O4/c1-18-14-7-3-12(4-8-14)16-11-17(21-20-16)13-5-9-15(19-2)10-6-13/h3-10,16-17H,11H2,1-2H3/t16-,17+. The second kappa shape index (κ2) is 6.16. The van der Waals surface area contributed by atoms with Gasteiger partial charge in [0, 0.05) is 6.42 Å². The molecule has 0 unspecified atom stereocenters. The molecule has 4 heteroatoms. The predicted octanol–water partition coefficient (Wildman–Crippen LogP) is 3.84. The van der Waals surface area contributed by atoms with Crippen LogP contribution in [0.25, 0.3) is 0 Å². The lowest BCUT2D eigenvalue weighted by Crippen LogP contribution is -1.97. The molecule has 2 atom stereocenters. The van der Waals surface area contributed by atoms with Gasteiger partial charge in [0.15, 0.2) is 0 Å². The van der Waals surface area contributed by atoms with E-state index in [1.165, 1.54) is 0 Å². The van der Waals surface area contributed by atoms with Crippen LogP contribution in [0.5, 0.6) is 11.5 Å². The van der Waals surface area contributed by atoms with Crippen LogP contribution in [0.4, 0.5) is 0 Å². The van der Waals surface area contributed by atoms with Gasteiger partial charge in [-0.05, 0) is 35.4 Å². The quantitative estimate of drug-likeness (QED) is 0.800. The minimum atomic E-state index is -0.0528. The first kappa shape index (κ1) is 13.9. The summed E-state index contributed by atoms with van der Waals surface area (Å²) in [4.78, 5) is 10.9. The average molecular weight is 286 g/mol. The summed E-state index contributed by atoms with van der Waals surface area (Å²) >= 11 is 0. The highest BCUT2D eigenvalue weighted by molar-refractivity contribution is 5.31. The predicted molar refractivity (Wildman–Crippen MR) is 78.3 cm³/mol. The summed E-state index contributed by atoms with van der Waals surface area (Å²) in [6.45, 7) is 0. The summed E-state index contributed by atoms with van der Waals surface area (Å²) in [5, 5.41) is 0. The third-order valence-corrected chi connectivity index (χ3v) is 3.69. The molecular formula is C17H18O4. The Morgan fingerprint density at radius 2 is 1.10 bits per heavy atom. The average Bonchev–Trinajstić information content (AvgIpc) is 3.05. The highest BCUT2D eigenvalue weighted by Gasteiger charge is 2.29. The molecule has 0 aliphatic carbocycles. The lowest BCUT2D eigenvalue weighted by molar-refractivity contribution is -0.300. The molecule has 0 amide bonds. The molecule has 1 aliphatic heterocycles. The largest absolute Gasteiger partial charge is 0.497 e. The van der Waals surface area contributed by atoms with Gasteiger partial charge in [0.05, 0.1) is 14.2 Å². The zero-order chi connectivity index (χ0) is 14.7. The lowest BCUT2D eigenvalue weighted by atomic mass is 9.99. The molecule has 0 radical (unpaired) electrons. The molecule has 3 rings (SSSR count). The van der Waals surface area contributed by atoms with Gasteiger partial charge < -0.3 is 9.47 Å². The summed E-state index contributed by atoms with van der Waals surface area (Å²) in [7, 11) is 3.31. The van der Waals surface area contributed by atoms with Gasteiger partial charge in [-0.15, -0.1) is 0 Å². The first-order valence-corrected chi connectivity index (χ1v) is 6.90. The Morgan fingerprint density at radius 1 is 0.714 bits per heavy atom. The van der Waals surface area contributed by atoms with Crippen molar-refractivity contribution in [3.05, 3.63) is 59.7 Å². The summed E-state index contributed by atoms with van der Waals surface area (Å²) in [6, 6.07) is 15.7. The van der Waals surface area contributed by atoms with E-state index in [9.17, 15) is 0 Å². The van der Waals surface area contributed by atoms with Gasteiger partial charge in [0.2, 0.25) is 0 Å². The molecule has 1 heterocycles. The van der Waals surface area contributed by atoms with Crippen LogP contribution in [0, 0.1) is 0 Å². The Balaban J connectivity index is 1.68. The highest BCUT2D eigenvalue weighted by Crippen LogP contribution is 2.39. The van der Waals surface area contributed by atoms with E-state index in [0.717, 1.165) is 29.0 Å². The van der Waals surface area contributed by atoms with Gasteiger partial charge in [-0.3, -0.25) is 0 Å². The fourth-order valence-electron chi connectivity index (χ4n) is 2.43. The zero-order valence-electron chi connectivity index (χ0n) is 12.1. The van der Waals surface area contributed by atoms with Crippen LogP contribution in [0.15, 0.2) is 48.5 Å². The van der Waals surface area contributed by atoms with Gasteiger partial charge in [-0.2, -0.15) is 0 Å². The molecule has 4 nitrogen and oxygen atoms in total. The number of ether oxygens (including phenoxy) is 2. The number of rotatable bonds is 4. The van der Waals surface area contributed by atoms with Crippen LogP contribution in [0.2, 0.25) is 0 Å². The minimum Gasteiger partial charge on any atom is -0.497 e. The van der Waals surface area contributed by atoms with E-state index in [1.54, 1.807) is 14.2 Å². The van der Waals surface area contributed by atoms with Crippen molar-refractivity contribution < 1.29 is 19.2 Å². The Morgan fingerprint density at radius 3 is 1.43 bits per heavy atom. The number of hydrogen-bond acceptors (Lipinski definition) is 4. The third kappa shape index (κ3) is 3.01. The van der Waals surface area contributed by atoms with Crippen LogP contribution >= 0.6 is 0 Å². The molecule has 0 aromatic heterocycles. The van der Waals surface area contributed by atoms with E-state index in [2.05, 4.69) is 0 Å². The molecule has 1 fully saturated rings. The summed E-state index contributed by atoms with van der Waals surface area (Å²) in [5.74, 6) is 1.67. The molecule has 21 heavy (non-hydrogen) atoms. The van der Waals surface area contributed by atoms with Crippen LogP contribution in [-0.2, 0) is 9.78 Å². The molecule has 0 N–H and O–H groups in total. The Kier molecular flexibility index (Phi) is 4.08. The van der Waals surface area contributed by atoms with Crippen LogP contribution < -0.4 is 9.47 Å². The van der Waals surface area contributed by atoms with Crippen molar-refractivity contribution in [2.45, 2.75) is 18.6 Å². The van der Waals surface area contributed by atoms with E-state index in [0.29, 0.717) is 0 Å². The molecule has 1 aliphatic rings. The molecular weight excluding hydrogens is 268 g/mol. The maximum Gasteiger partial charge on any atom is 0.121 e. The topological polar surface area (TPSA) is 36.9 Å². The minimum absolute atomic E-state index is 0.0528. The van der Waals surface area contributed by atoms with E-state index >= 15 is 0 Å². The van der Waals surface area contributed by atoms with E-state index < -0.39 is 0 Å². The maximum absolute atomic E-state index is 5.46. The lowest BCUT2D eigenvalue weighted by Gasteiger charge is -2.08. The van der Waals surface area contributed by atoms with Crippen LogP contribution in [0.3, 0.4) is 0 Å². The number of methoxy groups -OCH3 is 2. The molecule has 110 valence electrons. The third-order valence-electron chi connectivity index (χ3n) is 3.69. The van der Waals surface area contributed by atoms with Crippen molar-refractivity contribution in [1.29, 1.82) is 0 Å². The van der Waals surface area contributed by atoms with Gasteiger partial charge in [-0.1, -0.05) is 24.3 Å². The fraction of sp³-hybridized carbons (Fsp3) is 0.294. The smallest absolute Gasteiger partial charge is 0.121 e. The summed E-state index contributed by atoms with van der Waals surface area (Å²) in [6.07, 6.45) is 0.685. The molecule has 0 bridgehead atoms. The summed E-state index contributed by atoms with van der Waals surface area (Å²) in [5.41, 5.74) is 2.18. The van der Waals surface area contributed by atoms with Crippen molar-refractivity contribution in [2.24, 2.45) is 0 Å². The molecule has 2 aromatic rings. The van der Waals surface area contributed by atoms with Crippen molar-refractivity contribution in [1.82, 2.24) is 0 Å². The Labute approximate surface area is 124 Å². The maximum atomic E-state index is 5.46. The van der Waals surface area contributed by atoms with E-state index in [-0.39, 0.29) is 12.2 Å². The Bertz CT molecular complexity index is 523. The van der Waals surface area contributed by atoms with Crippen molar-refractivity contribution in [2.75, 3.05) is 14.2 Å². The normalized spacial score (nSPS) is 21.2. The van der Waals surface area contributed by atoms with Gasteiger partial charge >= 0.3 is 0 Å². The van der Waals surface area contributed by atoms with E-state index in [4.69, 9.17) is 19.2 Å². The Hall–Kier alpha value is -2.04. The van der Waals surface area contributed by atoms with Crippen molar-refractivity contribution in [3.8, 4) is 11.5 Å². The van der Waals surface area contributed by atoms with Gasteiger partial charge in [-0.25, -0.2) is 9.78 Å². The van der Waals surface area contributed by atoms with E-state index in [1.807, 2.05) is 48.5 Å². The monoisotopic (exact) mass is 286 g/mol. The van der Waals surface area contributed by atoms with Crippen LogP contribution in [0.1, 0.15) is 29.8 Å². The van der Waals surface area contributed by atoms with Gasteiger partial charge in [0.1, 0.15) is 23.7 Å². The zero-order valence-corrected chi connectivity index (χ0v) is 12.1. The molecule has 1 saturated heterocycles. The summed E-state index contributed by atoms with van der Waals surface area (Å²) < 4.78 is 10.3. The van der Waals surface area contributed by atoms with Crippen LogP contribution in [-0.4, -0.2) is 14.2 Å². The first-order chi connectivity index (χ1) is 10.3. The molecule has 0 spiro atoms. The second-order valence-electron chi connectivity index (χ2n) is 4.95. The molecule has 2 aromatic carbocycles. The fourth-order valence-corrected chi connectivity index (χ4v) is 2.43. The van der Waals surface area contributed by atoms with Gasteiger partial charge in [0.25, 0.3) is 0 Å². The van der Waals surface area contributed by atoms with Crippen molar-refractivity contribution >= 4 is 0 Å². The second-order valence-corrected chi connectivity index (χ2v) is 4.95. The molecule has 0 saturated carbocycles. The van der Waals surface area contributed by atoms with Crippen molar-refractivity contribution in [3.63, 3.8) is 0 Å². The first-order valence-electron chi connectivity index (χ1n) is 6.90. The SMILES string of the molecule is COc1ccc([C@@H]2C[C@H](c3ccc(OC)cc3)OO2)cc1.